The van der Waals surface area contributed by atoms with Crippen molar-refractivity contribution in [1.29, 1.82) is 0 Å². The maximum Gasteiger partial charge on any atom is 0.208 e. The number of rotatable bonds is 7. The van der Waals surface area contributed by atoms with Crippen molar-refractivity contribution in [3.8, 4) is 5.75 Å². The van der Waals surface area contributed by atoms with E-state index in [0.29, 0.717) is 11.4 Å². The van der Waals surface area contributed by atoms with Gasteiger partial charge in [0.25, 0.3) is 0 Å². The zero-order chi connectivity index (χ0) is 20.5. The molecule has 5 heteroatoms. The van der Waals surface area contributed by atoms with Gasteiger partial charge in [0.15, 0.2) is 0 Å². The van der Waals surface area contributed by atoms with Crippen molar-refractivity contribution in [1.82, 2.24) is 10.6 Å². The van der Waals surface area contributed by atoms with Gasteiger partial charge in [-0.3, -0.25) is 4.79 Å². The fourth-order valence-electron chi connectivity index (χ4n) is 3.02. The molecule has 4 nitrogen and oxygen atoms in total. The lowest BCUT2D eigenvalue weighted by Gasteiger charge is -2.24. The third kappa shape index (κ3) is 6.26. The van der Waals surface area contributed by atoms with E-state index in [9.17, 15) is 4.79 Å². The van der Waals surface area contributed by atoms with Gasteiger partial charge in [-0.25, -0.2) is 0 Å². The average Bonchev–Trinajstić information content (AvgIpc) is 2.86. The molecule has 2 aliphatic rings. The summed E-state index contributed by atoms with van der Waals surface area (Å²) in [5.41, 5.74) is 1.89. The monoisotopic (exact) mass is 408 g/mol. The second-order valence-electron chi connectivity index (χ2n) is 6.82. The number of benzene rings is 1. The molecule has 0 saturated heterocycles. The Kier molecular flexibility index (Phi) is 7.54. The summed E-state index contributed by atoms with van der Waals surface area (Å²) in [7, 11) is 0. The molecule has 1 aromatic carbocycles. The molecule has 1 amide bonds. The first kappa shape index (κ1) is 20.7. The predicted molar refractivity (Wildman–Crippen MR) is 118 cm³/mol. The molecule has 1 aromatic rings. The second-order valence-corrected chi connectivity index (χ2v) is 7.26. The van der Waals surface area contributed by atoms with Gasteiger partial charge in [0.2, 0.25) is 6.41 Å². The molecule has 2 unspecified atom stereocenters. The zero-order valence-corrected chi connectivity index (χ0v) is 17.1. The SMILES string of the molecule is CC1C=CC(Cl)=CC=C1NC(NC=O)c1ccc(O/C2=C/CC=C/C=C\C2)cc1. The van der Waals surface area contributed by atoms with Gasteiger partial charge >= 0.3 is 0 Å². The van der Waals surface area contributed by atoms with Crippen LogP contribution in [-0.2, 0) is 4.79 Å². The summed E-state index contributed by atoms with van der Waals surface area (Å²) in [6.07, 6.45) is 19.9. The lowest BCUT2D eigenvalue weighted by Crippen LogP contribution is -2.34. The normalized spacial score (nSPS) is 22.6. The van der Waals surface area contributed by atoms with E-state index in [1.165, 1.54) is 0 Å². The maximum atomic E-state index is 11.2. The van der Waals surface area contributed by atoms with E-state index >= 15 is 0 Å². The summed E-state index contributed by atoms with van der Waals surface area (Å²) in [5.74, 6) is 1.84. The number of carbonyl (C=O) groups excluding carboxylic acids is 1. The highest BCUT2D eigenvalue weighted by Gasteiger charge is 2.15. The second kappa shape index (κ2) is 10.5. The van der Waals surface area contributed by atoms with Crippen molar-refractivity contribution in [2.24, 2.45) is 5.92 Å². The first-order valence-corrected chi connectivity index (χ1v) is 10.0. The summed E-state index contributed by atoms with van der Waals surface area (Å²) >= 11 is 6.09. The molecule has 0 aliphatic heterocycles. The predicted octanol–water partition coefficient (Wildman–Crippen LogP) is 5.40. The quantitative estimate of drug-likeness (QED) is 0.469. The van der Waals surface area contributed by atoms with Crippen LogP contribution in [0.4, 0.5) is 0 Å². The number of carbonyl (C=O) groups is 1. The first-order valence-electron chi connectivity index (χ1n) is 9.66. The third-order valence-electron chi connectivity index (χ3n) is 4.65. The van der Waals surface area contributed by atoms with Crippen LogP contribution in [0.15, 0.2) is 95.4 Å². The van der Waals surface area contributed by atoms with Crippen molar-refractivity contribution in [2.45, 2.75) is 25.9 Å². The first-order chi connectivity index (χ1) is 14.2. The zero-order valence-electron chi connectivity index (χ0n) is 16.3. The largest absolute Gasteiger partial charge is 0.462 e. The Bertz CT molecular complexity index is 892. The van der Waals surface area contributed by atoms with E-state index in [4.69, 9.17) is 16.3 Å². The molecule has 0 aromatic heterocycles. The number of hydrogen-bond donors (Lipinski definition) is 2. The van der Waals surface area contributed by atoms with Gasteiger partial charge in [0, 0.05) is 23.1 Å². The van der Waals surface area contributed by atoms with Crippen molar-refractivity contribution >= 4 is 18.0 Å². The number of hydrogen-bond acceptors (Lipinski definition) is 3. The van der Waals surface area contributed by atoms with Gasteiger partial charge in [-0.15, -0.1) is 0 Å². The van der Waals surface area contributed by atoms with Crippen LogP contribution in [0.25, 0.3) is 0 Å². The van der Waals surface area contributed by atoms with Gasteiger partial charge < -0.3 is 15.4 Å². The summed E-state index contributed by atoms with van der Waals surface area (Å²) in [6.45, 7) is 2.07. The van der Waals surface area contributed by atoms with Crippen LogP contribution in [0.2, 0.25) is 0 Å². The Balaban J connectivity index is 1.71. The van der Waals surface area contributed by atoms with Crippen molar-refractivity contribution in [3.05, 3.63) is 101 Å². The number of halogens is 1. The van der Waals surface area contributed by atoms with E-state index in [-0.39, 0.29) is 12.1 Å². The fraction of sp³-hybridized carbons (Fsp3) is 0.208. The topological polar surface area (TPSA) is 50.4 Å². The van der Waals surface area contributed by atoms with Crippen LogP contribution in [0, 0.1) is 5.92 Å². The summed E-state index contributed by atoms with van der Waals surface area (Å²) in [5, 5.41) is 6.90. The Morgan fingerprint density at radius 3 is 2.76 bits per heavy atom. The van der Waals surface area contributed by atoms with Gasteiger partial charge in [-0.1, -0.05) is 61.0 Å². The molecule has 29 heavy (non-hydrogen) atoms. The third-order valence-corrected chi connectivity index (χ3v) is 4.90. The number of nitrogens with one attached hydrogen (secondary N) is 2. The van der Waals surface area contributed by atoms with E-state index in [2.05, 4.69) is 35.8 Å². The molecule has 2 atom stereocenters. The number of allylic oxidation sites excluding steroid dienone is 10. The van der Waals surface area contributed by atoms with Crippen LogP contribution < -0.4 is 15.4 Å². The van der Waals surface area contributed by atoms with Crippen LogP contribution in [0.3, 0.4) is 0 Å². The Labute approximate surface area is 177 Å². The van der Waals surface area contributed by atoms with E-state index in [1.807, 2.05) is 60.7 Å². The molecule has 2 aliphatic carbocycles. The Hall–Kier alpha value is -2.98. The van der Waals surface area contributed by atoms with E-state index < -0.39 is 0 Å². The summed E-state index contributed by atoms with van der Waals surface area (Å²) < 4.78 is 6.00. The van der Waals surface area contributed by atoms with Crippen molar-refractivity contribution in [3.63, 3.8) is 0 Å². The minimum Gasteiger partial charge on any atom is -0.462 e. The highest BCUT2D eigenvalue weighted by atomic mass is 35.5. The number of amides is 1. The van der Waals surface area contributed by atoms with Crippen LogP contribution in [0.1, 0.15) is 31.5 Å². The van der Waals surface area contributed by atoms with Gasteiger partial charge in [0.1, 0.15) is 17.7 Å². The lowest BCUT2D eigenvalue weighted by atomic mass is 10.1. The van der Waals surface area contributed by atoms with Gasteiger partial charge in [-0.05, 0) is 48.4 Å². The fourth-order valence-corrected chi connectivity index (χ4v) is 3.15. The molecule has 2 N–H and O–H groups in total. The van der Waals surface area contributed by atoms with Gasteiger partial charge in [0.05, 0.1) is 0 Å². The molecular formula is C24H25ClN2O2. The standard InChI is InChI=1S/C24H25ClN2O2/c1-18-9-12-20(25)13-16-23(18)27-24(26-17-28)19-10-14-22(15-11-19)29-21-7-5-3-2-4-6-8-21/h2-5,8-18,24,27H,6-7H2,1H3,(H,26,28)/b4-2?,5-3-,21-8+. The molecule has 3 rings (SSSR count). The van der Waals surface area contributed by atoms with Crippen LogP contribution in [0.5, 0.6) is 5.75 Å². The molecular weight excluding hydrogens is 384 g/mol. The van der Waals surface area contributed by atoms with Gasteiger partial charge in [-0.2, -0.15) is 0 Å². The Morgan fingerprint density at radius 1 is 1.17 bits per heavy atom. The van der Waals surface area contributed by atoms with Crippen molar-refractivity contribution in [2.75, 3.05) is 0 Å². The smallest absolute Gasteiger partial charge is 0.208 e. The average molecular weight is 409 g/mol. The molecule has 0 fully saturated rings. The number of ether oxygens (including phenoxy) is 1. The van der Waals surface area contributed by atoms with E-state index in [0.717, 1.165) is 35.6 Å². The molecule has 0 heterocycles. The highest BCUT2D eigenvalue weighted by Crippen LogP contribution is 2.23. The van der Waals surface area contributed by atoms with Crippen molar-refractivity contribution < 1.29 is 9.53 Å². The maximum absolute atomic E-state index is 11.2. The molecule has 0 saturated carbocycles. The highest BCUT2D eigenvalue weighted by molar-refractivity contribution is 6.31. The van der Waals surface area contributed by atoms with Crippen LogP contribution >= 0.6 is 11.6 Å². The minimum absolute atomic E-state index is 0.148. The molecule has 0 spiro atoms. The summed E-state index contributed by atoms with van der Waals surface area (Å²) in [6, 6.07) is 7.72. The molecule has 150 valence electrons. The van der Waals surface area contributed by atoms with E-state index in [1.54, 1.807) is 0 Å². The summed E-state index contributed by atoms with van der Waals surface area (Å²) in [4.78, 5) is 11.2. The lowest BCUT2D eigenvalue weighted by molar-refractivity contribution is -0.110. The van der Waals surface area contributed by atoms with Crippen LogP contribution in [-0.4, -0.2) is 6.41 Å². The molecule has 0 bridgehead atoms. The Morgan fingerprint density at radius 2 is 1.97 bits per heavy atom. The minimum atomic E-state index is -0.359. The molecule has 0 radical (unpaired) electrons.